The summed E-state index contributed by atoms with van der Waals surface area (Å²) in [5.41, 5.74) is 8.13. The van der Waals surface area contributed by atoms with E-state index >= 15 is 0 Å². The molecule has 0 saturated heterocycles. The third-order valence-corrected chi connectivity index (χ3v) is 3.38. The molecular formula is C16H19ClN4. The van der Waals surface area contributed by atoms with Gasteiger partial charge in [0.1, 0.15) is 0 Å². The molecule has 0 amide bonds. The molecule has 1 aliphatic heterocycles. The lowest BCUT2D eigenvalue weighted by molar-refractivity contribution is -0.840. The van der Waals surface area contributed by atoms with Gasteiger partial charge in [0.05, 0.1) is 5.69 Å². The first-order chi connectivity index (χ1) is 9.70. The molecule has 1 aliphatic rings. The Morgan fingerprint density at radius 1 is 0.952 bits per heavy atom. The van der Waals surface area contributed by atoms with Gasteiger partial charge in [-0.15, -0.1) is 0 Å². The molecule has 0 radical (unpaired) electrons. The van der Waals surface area contributed by atoms with Crippen LogP contribution >= 0.6 is 0 Å². The van der Waals surface area contributed by atoms with Crippen LogP contribution in [-0.2, 0) is 0 Å². The Morgan fingerprint density at radius 3 is 2.14 bits per heavy atom. The molecule has 21 heavy (non-hydrogen) atoms. The van der Waals surface area contributed by atoms with E-state index in [0.717, 1.165) is 17.4 Å². The van der Waals surface area contributed by atoms with Gasteiger partial charge < -0.3 is 12.4 Å². The highest BCUT2D eigenvalue weighted by molar-refractivity contribution is 5.59. The maximum atomic E-state index is 4.49. The van der Waals surface area contributed by atoms with Gasteiger partial charge >= 0.3 is 0 Å². The smallest absolute Gasteiger partial charge is 0.201 e. The molecule has 2 N–H and O–H groups in total. The fourth-order valence-corrected chi connectivity index (χ4v) is 2.16. The minimum absolute atomic E-state index is 0. The van der Waals surface area contributed by atoms with Gasteiger partial charge in [-0.05, 0) is 26.0 Å². The van der Waals surface area contributed by atoms with Crippen molar-refractivity contribution in [2.75, 3.05) is 12.1 Å². The van der Waals surface area contributed by atoms with Crippen LogP contribution in [0.25, 0.3) is 0 Å². The van der Waals surface area contributed by atoms with E-state index in [2.05, 4.69) is 72.9 Å². The molecule has 2 aromatic rings. The fraction of sp³-hybridized carbons (Fsp3) is 0.188. The summed E-state index contributed by atoms with van der Waals surface area (Å²) in [4.78, 5) is 0. The Labute approximate surface area is 131 Å². The maximum Gasteiger partial charge on any atom is 0.201 e. The highest BCUT2D eigenvalue weighted by atomic mass is 35.5. The van der Waals surface area contributed by atoms with Crippen molar-refractivity contribution >= 4 is 17.7 Å². The van der Waals surface area contributed by atoms with Crippen LogP contribution in [0, 0.1) is 13.8 Å². The lowest BCUT2D eigenvalue weighted by Crippen LogP contribution is -3.02. The van der Waals surface area contributed by atoms with Gasteiger partial charge in [0.15, 0.2) is 12.0 Å². The number of rotatable bonds is 3. The van der Waals surface area contributed by atoms with Gasteiger partial charge in [-0.25, -0.2) is 5.01 Å². The summed E-state index contributed by atoms with van der Waals surface area (Å²) in [6.07, 6.45) is 1.84. The summed E-state index contributed by atoms with van der Waals surface area (Å²) in [6.45, 7) is 4.96. The van der Waals surface area contributed by atoms with Crippen molar-refractivity contribution in [3.05, 3.63) is 59.7 Å². The Balaban J connectivity index is 0.00000161. The third-order valence-electron chi connectivity index (χ3n) is 3.38. The molecule has 0 bridgehead atoms. The van der Waals surface area contributed by atoms with Gasteiger partial charge in [-0.1, -0.05) is 40.5 Å². The zero-order valence-corrected chi connectivity index (χ0v) is 12.9. The predicted molar refractivity (Wildman–Crippen MR) is 81.8 cm³/mol. The zero-order valence-electron chi connectivity index (χ0n) is 12.2. The summed E-state index contributed by atoms with van der Waals surface area (Å²) in [5, 5.41) is 7.57. The standard InChI is InChI=1S/C16H18N4.ClH/c1-13-3-7-15(8-4-13)18-19-11-17-20(12-19)16-9-5-14(2)6-10-16;/h3-11,18H,12H2,1-2H3;1H. The summed E-state index contributed by atoms with van der Waals surface area (Å²) in [6, 6.07) is 16.8. The SMILES string of the molecule is Cc1ccc(NN2C=N[NH+](c3ccc(C)cc3)C2)cc1.[Cl-]. The quantitative estimate of drug-likeness (QED) is 0.768. The van der Waals surface area contributed by atoms with E-state index < -0.39 is 0 Å². The molecule has 4 nitrogen and oxygen atoms in total. The van der Waals surface area contributed by atoms with Crippen molar-refractivity contribution in [2.45, 2.75) is 13.8 Å². The van der Waals surface area contributed by atoms with E-state index in [1.807, 2.05) is 11.3 Å². The minimum Gasteiger partial charge on any atom is -1.00 e. The Kier molecular flexibility index (Phi) is 4.83. The van der Waals surface area contributed by atoms with Crippen molar-refractivity contribution in [3.8, 4) is 0 Å². The Morgan fingerprint density at radius 2 is 1.52 bits per heavy atom. The number of hydrogen-bond donors (Lipinski definition) is 2. The van der Waals surface area contributed by atoms with Gasteiger partial charge in [0.25, 0.3) is 0 Å². The van der Waals surface area contributed by atoms with E-state index in [1.54, 1.807) is 0 Å². The molecule has 5 heteroatoms. The van der Waals surface area contributed by atoms with E-state index in [9.17, 15) is 0 Å². The molecule has 2 aromatic carbocycles. The average Bonchev–Trinajstić information content (AvgIpc) is 2.91. The van der Waals surface area contributed by atoms with E-state index in [1.165, 1.54) is 16.8 Å². The van der Waals surface area contributed by atoms with Gasteiger partial charge in [0, 0.05) is 12.1 Å². The maximum absolute atomic E-state index is 4.49. The molecule has 1 heterocycles. The zero-order chi connectivity index (χ0) is 13.9. The second kappa shape index (κ2) is 6.61. The second-order valence-electron chi connectivity index (χ2n) is 5.16. The third kappa shape index (κ3) is 3.74. The van der Waals surface area contributed by atoms with Crippen LogP contribution in [0.4, 0.5) is 11.4 Å². The average molecular weight is 303 g/mol. The molecule has 0 spiro atoms. The van der Waals surface area contributed by atoms with Gasteiger partial charge in [-0.3, -0.25) is 5.43 Å². The molecule has 1 atom stereocenters. The van der Waals surface area contributed by atoms with Crippen molar-refractivity contribution in [3.63, 3.8) is 0 Å². The van der Waals surface area contributed by atoms with Crippen molar-refractivity contribution < 1.29 is 17.4 Å². The molecule has 0 aromatic heterocycles. The van der Waals surface area contributed by atoms with Gasteiger partial charge in [0.2, 0.25) is 6.67 Å². The molecule has 0 fully saturated rings. The van der Waals surface area contributed by atoms with Crippen LogP contribution in [0.3, 0.4) is 0 Å². The van der Waals surface area contributed by atoms with Crippen LogP contribution in [0.2, 0.25) is 0 Å². The lowest BCUT2D eigenvalue weighted by atomic mass is 10.2. The Hall–Kier alpha value is -2.04. The second-order valence-corrected chi connectivity index (χ2v) is 5.16. The van der Waals surface area contributed by atoms with E-state index in [-0.39, 0.29) is 12.4 Å². The largest absolute Gasteiger partial charge is 1.00 e. The molecule has 0 aliphatic carbocycles. The van der Waals surface area contributed by atoms with E-state index in [4.69, 9.17) is 0 Å². The number of hydrazine groups is 1. The predicted octanol–water partition coefficient (Wildman–Crippen LogP) is -0.933. The minimum atomic E-state index is 0. The summed E-state index contributed by atoms with van der Waals surface area (Å²) >= 11 is 0. The van der Waals surface area contributed by atoms with Crippen molar-refractivity contribution in [2.24, 2.45) is 5.10 Å². The number of hydrogen-bond acceptors (Lipinski definition) is 3. The molecule has 110 valence electrons. The molecular weight excluding hydrogens is 284 g/mol. The number of halogens is 1. The van der Waals surface area contributed by atoms with Crippen LogP contribution in [-0.4, -0.2) is 18.0 Å². The number of anilines is 1. The number of aryl methyl sites for hydroxylation is 2. The van der Waals surface area contributed by atoms with Crippen molar-refractivity contribution in [1.29, 1.82) is 0 Å². The number of nitrogens with zero attached hydrogens (tertiary/aromatic N) is 2. The molecule has 1 unspecified atom stereocenters. The first-order valence-electron chi connectivity index (χ1n) is 6.78. The highest BCUT2D eigenvalue weighted by Gasteiger charge is 2.21. The summed E-state index contributed by atoms with van der Waals surface area (Å²) in [5.74, 6) is 0. The van der Waals surface area contributed by atoms with Crippen LogP contribution in [0.15, 0.2) is 53.6 Å². The molecule has 0 saturated carbocycles. The number of nitrogens with one attached hydrogen (secondary N) is 2. The van der Waals surface area contributed by atoms with Crippen LogP contribution < -0.4 is 22.8 Å². The fourth-order valence-electron chi connectivity index (χ4n) is 2.16. The summed E-state index contributed by atoms with van der Waals surface area (Å²) < 4.78 is 0. The molecule has 3 rings (SSSR count). The first kappa shape index (κ1) is 15.4. The lowest BCUT2D eigenvalue weighted by Gasteiger charge is -2.16. The Bertz CT molecular complexity index is 607. The van der Waals surface area contributed by atoms with Crippen molar-refractivity contribution in [1.82, 2.24) is 5.01 Å². The topological polar surface area (TPSA) is 32.1 Å². The van der Waals surface area contributed by atoms with Crippen LogP contribution in [0.5, 0.6) is 0 Å². The number of benzene rings is 2. The summed E-state index contributed by atoms with van der Waals surface area (Å²) in [7, 11) is 0. The van der Waals surface area contributed by atoms with E-state index in [0.29, 0.717) is 0 Å². The number of quaternary nitrogens is 1. The highest BCUT2D eigenvalue weighted by Crippen LogP contribution is 2.10. The van der Waals surface area contributed by atoms with Crippen LogP contribution in [0.1, 0.15) is 11.1 Å². The monoisotopic (exact) mass is 302 g/mol. The normalized spacial score (nSPS) is 16.7. The van der Waals surface area contributed by atoms with Gasteiger partial charge in [-0.2, -0.15) is 5.01 Å². The first-order valence-corrected chi connectivity index (χ1v) is 6.78.